The molecule has 2 fully saturated rings. The Balaban J connectivity index is 1.77. The number of piperazine rings is 1. The summed E-state index contributed by atoms with van der Waals surface area (Å²) >= 11 is 0. The fraction of sp³-hybridized carbons (Fsp3) is 0.529. The van der Waals surface area contributed by atoms with Gasteiger partial charge in [0.05, 0.1) is 0 Å². The molecule has 2 aliphatic rings. The molecule has 3 amide bonds. The first-order chi connectivity index (χ1) is 10.5. The maximum Gasteiger partial charge on any atom is 0.322 e. The zero-order chi connectivity index (χ0) is 15.9. The first-order valence-corrected chi connectivity index (χ1v) is 7.92. The van der Waals surface area contributed by atoms with Crippen LogP contribution >= 0.6 is 0 Å². The number of hydrogen-bond donors (Lipinski definition) is 1. The zero-order valence-electron chi connectivity index (χ0n) is 13.4. The third-order valence-electron chi connectivity index (χ3n) is 4.79. The molecule has 0 radical (unpaired) electrons. The molecule has 3 rings (SSSR count). The maximum atomic E-state index is 12.6. The van der Waals surface area contributed by atoms with Gasteiger partial charge in [0, 0.05) is 24.8 Å². The van der Waals surface area contributed by atoms with Crippen LogP contribution in [0.3, 0.4) is 0 Å². The van der Waals surface area contributed by atoms with Crippen molar-refractivity contribution in [3.05, 3.63) is 29.3 Å². The van der Waals surface area contributed by atoms with Crippen molar-refractivity contribution in [1.82, 2.24) is 9.80 Å². The number of fused-ring (bicyclic) bond motifs is 1. The summed E-state index contributed by atoms with van der Waals surface area (Å²) in [4.78, 5) is 28.6. The quantitative estimate of drug-likeness (QED) is 0.866. The predicted octanol–water partition coefficient (Wildman–Crippen LogP) is 2.53. The summed E-state index contributed by atoms with van der Waals surface area (Å²) in [6, 6.07) is 5.60. The molecule has 2 saturated heterocycles. The van der Waals surface area contributed by atoms with Crippen molar-refractivity contribution < 1.29 is 9.59 Å². The van der Waals surface area contributed by atoms with Gasteiger partial charge in [-0.1, -0.05) is 12.1 Å². The molecule has 2 aliphatic heterocycles. The Morgan fingerprint density at radius 3 is 2.86 bits per heavy atom. The van der Waals surface area contributed by atoms with Crippen molar-refractivity contribution in [1.29, 1.82) is 0 Å². The second kappa shape index (κ2) is 5.63. The lowest BCUT2D eigenvalue weighted by molar-refractivity contribution is -0.140. The van der Waals surface area contributed by atoms with Crippen LogP contribution in [0.1, 0.15) is 30.9 Å². The molecule has 0 spiro atoms. The highest BCUT2D eigenvalue weighted by Crippen LogP contribution is 2.26. The molecule has 1 aromatic rings. The standard InChI is InChI=1S/C17H23N3O2/c1-11-6-7-12(2)15(9-11)18-17(22)20-10-14-5-4-8-19(14)16(21)13(20)3/h6-7,9,13-14H,4-5,8,10H2,1-3H3,(H,18,22)/t13-,14+/m1/s1. The van der Waals surface area contributed by atoms with Crippen molar-refractivity contribution in [3.63, 3.8) is 0 Å². The van der Waals surface area contributed by atoms with Gasteiger partial charge in [0.1, 0.15) is 6.04 Å². The van der Waals surface area contributed by atoms with Crippen LogP contribution in [0.2, 0.25) is 0 Å². The van der Waals surface area contributed by atoms with Gasteiger partial charge in [0.15, 0.2) is 0 Å². The van der Waals surface area contributed by atoms with Crippen LogP contribution in [-0.4, -0.2) is 46.9 Å². The van der Waals surface area contributed by atoms with E-state index in [0.717, 1.165) is 36.2 Å². The van der Waals surface area contributed by atoms with Gasteiger partial charge in [-0.15, -0.1) is 0 Å². The lowest BCUT2D eigenvalue weighted by Crippen LogP contribution is -2.60. The second-order valence-corrected chi connectivity index (χ2v) is 6.40. The minimum absolute atomic E-state index is 0.0739. The Hall–Kier alpha value is -2.04. The lowest BCUT2D eigenvalue weighted by Gasteiger charge is -2.41. The molecule has 118 valence electrons. The van der Waals surface area contributed by atoms with Crippen LogP contribution in [0, 0.1) is 13.8 Å². The lowest BCUT2D eigenvalue weighted by atomic mass is 10.1. The largest absolute Gasteiger partial charge is 0.336 e. The summed E-state index contributed by atoms with van der Waals surface area (Å²) < 4.78 is 0. The van der Waals surface area contributed by atoms with Crippen LogP contribution in [0.15, 0.2) is 18.2 Å². The van der Waals surface area contributed by atoms with Crippen LogP contribution in [-0.2, 0) is 4.79 Å². The maximum absolute atomic E-state index is 12.6. The summed E-state index contributed by atoms with van der Waals surface area (Å²) in [7, 11) is 0. The molecule has 5 nitrogen and oxygen atoms in total. The number of anilines is 1. The predicted molar refractivity (Wildman–Crippen MR) is 85.8 cm³/mol. The Morgan fingerprint density at radius 1 is 1.32 bits per heavy atom. The molecule has 0 saturated carbocycles. The molecule has 22 heavy (non-hydrogen) atoms. The molecule has 2 atom stereocenters. The molecular weight excluding hydrogens is 278 g/mol. The average molecular weight is 301 g/mol. The highest BCUT2D eigenvalue weighted by atomic mass is 16.2. The monoisotopic (exact) mass is 301 g/mol. The molecule has 0 aliphatic carbocycles. The van der Waals surface area contributed by atoms with Gasteiger partial charge in [0.25, 0.3) is 0 Å². The van der Waals surface area contributed by atoms with Crippen molar-refractivity contribution in [3.8, 4) is 0 Å². The van der Waals surface area contributed by atoms with Gasteiger partial charge < -0.3 is 15.1 Å². The number of rotatable bonds is 1. The van der Waals surface area contributed by atoms with Crippen molar-refractivity contribution >= 4 is 17.6 Å². The van der Waals surface area contributed by atoms with E-state index >= 15 is 0 Å². The zero-order valence-corrected chi connectivity index (χ0v) is 13.4. The highest BCUT2D eigenvalue weighted by molar-refractivity contribution is 5.95. The number of nitrogens with one attached hydrogen (secondary N) is 1. The molecular formula is C17H23N3O2. The van der Waals surface area contributed by atoms with E-state index in [0.29, 0.717) is 6.54 Å². The number of carbonyl (C=O) groups is 2. The summed E-state index contributed by atoms with van der Waals surface area (Å²) in [6.07, 6.45) is 2.03. The fourth-order valence-electron chi connectivity index (χ4n) is 3.39. The van der Waals surface area contributed by atoms with Gasteiger partial charge in [-0.3, -0.25) is 4.79 Å². The van der Waals surface area contributed by atoms with E-state index in [1.165, 1.54) is 0 Å². The van der Waals surface area contributed by atoms with Crippen LogP contribution in [0.4, 0.5) is 10.5 Å². The SMILES string of the molecule is Cc1ccc(C)c(NC(=O)N2C[C@@H]3CCCN3C(=O)[C@H]2C)c1. The third-order valence-corrected chi connectivity index (χ3v) is 4.79. The number of urea groups is 1. The van der Waals surface area contributed by atoms with Crippen molar-refractivity contribution in [2.24, 2.45) is 0 Å². The van der Waals surface area contributed by atoms with Gasteiger partial charge in [-0.05, 0) is 50.8 Å². The molecule has 5 heteroatoms. The number of hydrogen-bond acceptors (Lipinski definition) is 2. The summed E-state index contributed by atoms with van der Waals surface area (Å²) in [5, 5.41) is 2.97. The van der Waals surface area contributed by atoms with Gasteiger partial charge in [-0.25, -0.2) is 4.79 Å². The number of nitrogens with zero attached hydrogens (tertiary/aromatic N) is 2. The molecule has 0 unspecified atom stereocenters. The highest BCUT2D eigenvalue weighted by Gasteiger charge is 2.42. The van der Waals surface area contributed by atoms with E-state index in [2.05, 4.69) is 5.32 Å². The normalized spacial score (nSPS) is 24.4. The number of benzene rings is 1. The molecule has 1 N–H and O–H groups in total. The Kier molecular flexibility index (Phi) is 3.81. The van der Waals surface area contributed by atoms with E-state index in [1.54, 1.807) is 4.90 Å². The molecule has 1 aromatic carbocycles. The minimum Gasteiger partial charge on any atom is -0.336 e. The van der Waals surface area contributed by atoms with Crippen LogP contribution in [0.5, 0.6) is 0 Å². The van der Waals surface area contributed by atoms with E-state index in [9.17, 15) is 9.59 Å². The molecule has 2 heterocycles. The van der Waals surface area contributed by atoms with E-state index in [-0.39, 0.29) is 24.0 Å². The number of amides is 3. The van der Waals surface area contributed by atoms with E-state index in [1.807, 2.05) is 43.9 Å². The second-order valence-electron chi connectivity index (χ2n) is 6.40. The Morgan fingerprint density at radius 2 is 2.09 bits per heavy atom. The van der Waals surface area contributed by atoms with Gasteiger partial charge in [0.2, 0.25) is 5.91 Å². The summed E-state index contributed by atoms with van der Waals surface area (Å²) in [6.45, 7) is 7.25. The molecule has 0 bridgehead atoms. The average Bonchev–Trinajstić information content (AvgIpc) is 2.95. The first kappa shape index (κ1) is 14.9. The van der Waals surface area contributed by atoms with Gasteiger partial charge in [-0.2, -0.15) is 0 Å². The smallest absolute Gasteiger partial charge is 0.322 e. The van der Waals surface area contributed by atoms with E-state index < -0.39 is 0 Å². The van der Waals surface area contributed by atoms with E-state index in [4.69, 9.17) is 0 Å². The van der Waals surface area contributed by atoms with Gasteiger partial charge >= 0.3 is 6.03 Å². The number of aryl methyl sites for hydroxylation is 2. The Labute approximate surface area is 131 Å². The Bertz CT molecular complexity index is 614. The van der Waals surface area contributed by atoms with Crippen LogP contribution in [0.25, 0.3) is 0 Å². The fourth-order valence-corrected chi connectivity index (χ4v) is 3.39. The minimum atomic E-state index is -0.389. The summed E-state index contributed by atoms with van der Waals surface area (Å²) in [5.41, 5.74) is 2.95. The van der Waals surface area contributed by atoms with Crippen molar-refractivity contribution in [2.45, 2.75) is 45.7 Å². The topological polar surface area (TPSA) is 52.7 Å². The summed E-state index contributed by atoms with van der Waals surface area (Å²) in [5.74, 6) is 0.0739. The molecule has 0 aromatic heterocycles. The first-order valence-electron chi connectivity index (χ1n) is 7.92. The van der Waals surface area contributed by atoms with Crippen molar-refractivity contribution in [2.75, 3.05) is 18.4 Å². The van der Waals surface area contributed by atoms with Crippen LogP contribution < -0.4 is 5.32 Å². The third kappa shape index (κ3) is 2.56. The number of carbonyl (C=O) groups excluding carboxylic acids is 2.